The molecule has 0 spiro atoms. The molecular weight excluding hydrogens is 866 g/mol. The summed E-state index contributed by atoms with van der Waals surface area (Å²) >= 11 is 1.89. The van der Waals surface area contributed by atoms with Crippen molar-refractivity contribution >= 4 is 100 Å². The van der Waals surface area contributed by atoms with E-state index >= 15 is 0 Å². The van der Waals surface area contributed by atoms with Crippen molar-refractivity contribution in [2.45, 2.75) is 110 Å². The summed E-state index contributed by atoms with van der Waals surface area (Å²) in [5.41, 5.74) is 22.0. The summed E-state index contributed by atoms with van der Waals surface area (Å²) in [5.74, 6) is 0. The molecule has 1 aliphatic carbocycles. The van der Waals surface area contributed by atoms with Gasteiger partial charge in [0.2, 0.25) is 0 Å². The molecule has 2 unspecified atom stereocenters. The molecule has 3 aliphatic heterocycles. The normalized spacial score (nSPS) is 19.3. The Bertz CT molecular complexity index is 3610. The summed E-state index contributed by atoms with van der Waals surface area (Å²) in [5, 5.41) is 2.63. The minimum absolute atomic E-state index is 0.000538. The van der Waals surface area contributed by atoms with Crippen LogP contribution in [0.4, 0.5) is 45.5 Å². The van der Waals surface area contributed by atoms with Crippen molar-refractivity contribution < 1.29 is 0 Å². The lowest BCUT2D eigenvalue weighted by Crippen LogP contribution is -2.61. The number of anilines is 8. The average molecular weight is 928 g/mol. The summed E-state index contributed by atoms with van der Waals surface area (Å²) in [6.07, 6.45) is 4.80. The lowest BCUT2D eigenvalue weighted by Gasteiger charge is -2.50. The second-order valence-corrected chi connectivity index (χ2v) is 24.5. The van der Waals surface area contributed by atoms with Crippen molar-refractivity contribution in [1.29, 1.82) is 0 Å². The van der Waals surface area contributed by atoms with Crippen molar-refractivity contribution in [3.05, 3.63) is 186 Å². The van der Waals surface area contributed by atoms with Crippen LogP contribution in [0.3, 0.4) is 0 Å². The maximum Gasteiger partial charge on any atom is 0.252 e. The predicted molar refractivity (Wildman–Crippen MR) is 304 cm³/mol. The van der Waals surface area contributed by atoms with Gasteiger partial charge in [-0.2, -0.15) is 0 Å². The second kappa shape index (κ2) is 15.2. The van der Waals surface area contributed by atoms with E-state index in [4.69, 9.17) is 0 Å². The third-order valence-corrected chi connectivity index (χ3v) is 18.3. The first kappa shape index (κ1) is 43.5. The van der Waals surface area contributed by atoms with Gasteiger partial charge in [0.05, 0.1) is 5.54 Å². The maximum absolute atomic E-state index is 2.77. The number of thiophene rings is 1. The zero-order valence-electron chi connectivity index (χ0n) is 42.2. The quantitative estimate of drug-likeness (QED) is 0.163. The number of benzene rings is 8. The molecule has 1 fully saturated rings. The zero-order valence-corrected chi connectivity index (χ0v) is 43.1. The Morgan fingerprint density at radius 3 is 1.89 bits per heavy atom. The first-order chi connectivity index (χ1) is 33.6. The number of hydrogen-bond acceptors (Lipinski definition) is 4. The fraction of sp³-hybridized carbons (Fsp3) is 0.262. The smallest absolute Gasteiger partial charge is 0.252 e. The van der Waals surface area contributed by atoms with E-state index < -0.39 is 0 Å². The average Bonchev–Trinajstić information content (AvgIpc) is 3.82. The van der Waals surface area contributed by atoms with Crippen LogP contribution in [0.5, 0.6) is 0 Å². The van der Waals surface area contributed by atoms with Gasteiger partial charge in [0, 0.05) is 71.1 Å². The van der Waals surface area contributed by atoms with Crippen molar-refractivity contribution in [3.63, 3.8) is 0 Å². The van der Waals surface area contributed by atoms with Crippen molar-refractivity contribution in [3.8, 4) is 11.1 Å². The second-order valence-electron chi connectivity index (χ2n) is 23.4. The third kappa shape index (κ3) is 6.32. The van der Waals surface area contributed by atoms with Gasteiger partial charge in [0.1, 0.15) is 0 Å². The van der Waals surface area contributed by atoms with Gasteiger partial charge >= 0.3 is 0 Å². The van der Waals surface area contributed by atoms with Crippen LogP contribution in [0.1, 0.15) is 103 Å². The minimum Gasteiger partial charge on any atom is -0.334 e. The lowest BCUT2D eigenvalue weighted by molar-refractivity contribution is 0.195. The van der Waals surface area contributed by atoms with E-state index in [1.54, 1.807) is 0 Å². The topological polar surface area (TPSA) is 9.72 Å². The molecule has 5 heteroatoms. The molecule has 2 atom stereocenters. The first-order valence-electron chi connectivity index (χ1n) is 25.7. The third-order valence-electron chi connectivity index (χ3n) is 17.1. The van der Waals surface area contributed by atoms with Crippen LogP contribution in [0, 0.1) is 6.92 Å². The number of rotatable bonds is 4. The highest BCUT2D eigenvalue weighted by atomic mass is 32.1. The molecule has 0 N–H and O–H groups in total. The molecule has 1 saturated carbocycles. The molecular formula is C65H62BN3S. The Labute approximate surface area is 419 Å². The van der Waals surface area contributed by atoms with Crippen LogP contribution < -0.4 is 31.1 Å². The molecule has 8 aromatic carbocycles. The van der Waals surface area contributed by atoms with E-state index in [1.807, 2.05) is 11.3 Å². The van der Waals surface area contributed by atoms with E-state index in [0.29, 0.717) is 0 Å². The van der Waals surface area contributed by atoms with E-state index in [1.165, 1.54) is 135 Å². The SMILES string of the molecule is Cc1cc2c3c(c1)N(c1cccc(C(C)(C)C)c1)c1cc(C(C)(C)C)ccc1B3c1ccc(N3c4ccc(-c5ccccc5)cc4C4(C)CCCCC34C)cc1N2c1ccc2sc3ccccc3c2c1. The number of nitrogens with zero attached hydrogens (tertiary/aromatic N) is 3. The molecule has 0 bridgehead atoms. The molecule has 4 aliphatic rings. The number of aryl methyl sites for hydroxylation is 1. The van der Waals surface area contributed by atoms with Crippen LogP contribution >= 0.6 is 11.3 Å². The molecule has 70 heavy (non-hydrogen) atoms. The summed E-state index contributed by atoms with van der Waals surface area (Å²) < 4.78 is 2.65. The Hall–Kier alpha value is -6.56. The zero-order chi connectivity index (χ0) is 48.1. The van der Waals surface area contributed by atoms with Crippen molar-refractivity contribution in [1.82, 2.24) is 0 Å². The molecule has 0 saturated heterocycles. The van der Waals surface area contributed by atoms with Gasteiger partial charge in [-0.3, -0.25) is 0 Å². The van der Waals surface area contributed by atoms with Gasteiger partial charge in [-0.05, 0) is 166 Å². The van der Waals surface area contributed by atoms with Crippen LogP contribution in [-0.4, -0.2) is 12.3 Å². The standard InChI is InChI=1S/C65H62BN3S/c1-41-34-57-61-58(35-41)68(47-27-31-60-50(39-47)49-22-13-14-23-59(49)70-60)56-40-48(69-54-30-24-43(42-18-11-10-12-19-42)36-51(54)64(8)32-15-16-33-65(64,69)9)26-29-53(56)66(61)52-28-25-45(63(5,6)7)38-55(52)67(57)46-21-17-20-44(37-46)62(2,3)4/h10-14,17-31,34-40H,15-16,32-33H2,1-9H3. The van der Waals surface area contributed by atoms with Crippen molar-refractivity contribution in [2.24, 2.45) is 0 Å². The molecule has 0 amide bonds. The summed E-state index contributed by atoms with van der Waals surface area (Å²) in [7, 11) is 0. The number of fused-ring (bicyclic) bond motifs is 10. The van der Waals surface area contributed by atoms with Gasteiger partial charge in [-0.1, -0.05) is 146 Å². The van der Waals surface area contributed by atoms with Crippen LogP contribution in [0.25, 0.3) is 31.3 Å². The summed E-state index contributed by atoms with van der Waals surface area (Å²) in [6, 6.07) is 63.7. The van der Waals surface area contributed by atoms with Crippen LogP contribution in [-0.2, 0) is 16.2 Å². The number of hydrogen-bond donors (Lipinski definition) is 0. The molecule has 4 heterocycles. The fourth-order valence-corrected chi connectivity index (χ4v) is 14.3. The maximum atomic E-state index is 2.77. The molecule has 13 rings (SSSR count). The van der Waals surface area contributed by atoms with Gasteiger partial charge in [0.25, 0.3) is 6.71 Å². The Morgan fingerprint density at radius 2 is 1.13 bits per heavy atom. The monoisotopic (exact) mass is 927 g/mol. The Morgan fingerprint density at radius 1 is 0.486 bits per heavy atom. The first-order valence-corrected chi connectivity index (χ1v) is 26.5. The van der Waals surface area contributed by atoms with E-state index in [9.17, 15) is 0 Å². The van der Waals surface area contributed by atoms with E-state index in [0.717, 1.165) is 6.42 Å². The van der Waals surface area contributed by atoms with Gasteiger partial charge in [-0.15, -0.1) is 11.3 Å². The summed E-state index contributed by atoms with van der Waals surface area (Å²) in [6.45, 7) is 21.5. The van der Waals surface area contributed by atoms with Crippen molar-refractivity contribution in [2.75, 3.05) is 14.7 Å². The Balaban J connectivity index is 1.08. The van der Waals surface area contributed by atoms with Gasteiger partial charge in [0.15, 0.2) is 0 Å². The predicted octanol–water partition coefficient (Wildman–Crippen LogP) is 16.4. The minimum atomic E-state index is -0.102. The Kier molecular flexibility index (Phi) is 9.45. The lowest BCUT2D eigenvalue weighted by atomic mass is 9.33. The molecule has 346 valence electrons. The van der Waals surface area contributed by atoms with Gasteiger partial charge < -0.3 is 14.7 Å². The van der Waals surface area contributed by atoms with E-state index in [2.05, 4.69) is 241 Å². The van der Waals surface area contributed by atoms with Crippen LogP contribution in [0.2, 0.25) is 0 Å². The molecule has 1 aromatic heterocycles. The van der Waals surface area contributed by atoms with Crippen LogP contribution in [0.15, 0.2) is 164 Å². The molecule has 9 aromatic rings. The highest BCUT2D eigenvalue weighted by Crippen LogP contribution is 2.62. The molecule has 0 radical (unpaired) electrons. The highest BCUT2D eigenvalue weighted by Gasteiger charge is 2.58. The van der Waals surface area contributed by atoms with Gasteiger partial charge in [-0.25, -0.2) is 0 Å². The highest BCUT2D eigenvalue weighted by molar-refractivity contribution is 7.25. The largest absolute Gasteiger partial charge is 0.334 e. The van der Waals surface area contributed by atoms with E-state index in [-0.39, 0.29) is 28.5 Å². The fourth-order valence-electron chi connectivity index (χ4n) is 13.2. The summed E-state index contributed by atoms with van der Waals surface area (Å²) in [4.78, 5) is 8.02. The molecule has 3 nitrogen and oxygen atoms in total.